The number of hydrogen-bond donors (Lipinski definition) is 2. The highest BCUT2D eigenvalue weighted by Gasteiger charge is 2.44. The number of carboxylic acids is 1. The number of halogens is 1. The highest BCUT2D eigenvalue weighted by Crippen LogP contribution is 2.37. The van der Waals surface area contributed by atoms with Crippen molar-refractivity contribution in [3.63, 3.8) is 0 Å². The molecule has 228 valence electrons. The van der Waals surface area contributed by atoms with Gasteiger partial charge in [-0.2, -0.15) is 0 Å². The van der Waals surface area contributed by atoms with E-state index in [4.69, 9.17) is 21.9 Å². The van der Waals surface area contributed by atoms with Gasteiger partial charge >= 0.3 is 11.9 Å². The Kier molecular flexibility index (Phi) is 8.47. The fourth-order valence-corrected chi connectivity index (χ4v) is 7.75. The predicted molar refractivity (Wildman–Crippen MR) is 164 cm³/mol. The van der Waals surface area contributed by atoms with Crippen LogP contribution in [0.5, 0.6) is 0 Å². The molecule has 4 aliphatic rings. The van der Waals surface area contributed by atoms with Crippen LogP contribution < -0.4 is 5.32 Å². The van der Waals surface area contributed by atoms with Crippen molar-refractivity contribution in [2.24, 2.45) is 10.9 Å². The molecule has 2 unspecified atom stereocenters. The molecule has 4 atom stereocenters. The van der Waals surface area contributed by atoms with Crippen molar-refractivity contribution >= 4 is 46.4 Å². The molecule has 1 aliphatic carbocycles. The van der Waals surface area contributed by atoms with Crippen LogP contribution in [0.15, 0.2) is 46.0 Å². The van der Waals surface area contributed by atoms with E-state index in [1.807, 2.05) is 5.38 Å². The molecule has 2 N–H and O–H groups in total. The first-order chi connectivity index (χ1) is 20.7. The van der Waals surface area contributed by atoms with E-state index in [2.05, 4.69) is 25.0 Å². The number of fused-ring (bicyclic) bond motifs is 1. The molecule has 10 nitrogen and oxygen atoms in total. The standard InChI is InChI=1S/C30H35FN6O4S2/c1-3-41-29(40)24-23(33-26(27-32-9-12-43-27)34-25(24)21-5-4-6-22(31)17(21)2)16-35-10-11-36-20(14-35)15-37(30(36)42)19-8-7-18(13-19)28(38)39/h4-6,9,12,18-20,25H,3,7-8,10-11,13-16H2,1-2H3,(H,33,34)(H,38,39)/t18-,19+,20?,25?/m0/s1. The average Bonchev–Trinajstić information content (AvgIpc) is 3.75. The molecule has 0 spiro atoms. The molecule has 3 fully saturated rings. The quantitative estimate of drug-likeness (QED) is 0.335. The second kappa shape index (κ2) is 12.3. The van der Waals surface area contributed by atoms with Crippen LogP contribution in [0.4, 0.5) is 4.39 Å². The fourth-order valence-electron chi connectivity index (χ4n) is 6.70. The summed E-state index contributed by atoms with van der Waals surface area (Å²) in [7, 11) is 0. The first-order valence-corrected chi connectivity index (χ1v) is 16.0. The Morgan fingerprint density at radius 2 is 2.05 bits per heavy atom. The minimum atomic E-state index is -0.759. The number of hydrogen-bond acceptors (Lipinski definition) is 9. The van der Waals surface area contributed by atoms with Crippen molar-refractivity contribution in [1.82, 2.24) is 25.0 Å². The molecule has 2 aromatic rings. The Morgan fingerprint density at radius 3 is 2.77 bits per heavy atom. The number of amidine groups is 1. The molecule has 13 heteroatoms. The van der Waals surface area contributed by atoms with E-state index >= 15 is 0 Å². The van der Waals surface area contributed by atoms with Crippen molar-refractivity contribution in [3.8, 4) is 0 Å². The maximum absolute atomic E-state index is 14.7. The number of benzene rings is 1. The lowest BCUT2D eigenvalue weighted by atomic mass is 9.92. The van der Waals surface area contributed by atoms with Gasteiger partial charge in [-0.15, -0.1) is 11.3 Å². The third kappa shape index (κ3) is 5.77. The van der Waals surface area contributed by atoms with Crippen LogP contribution in [0.25, 0.3) is 0 Å². The van der Waals surface area contributed by atoms with Crippen molar-refractivity contribution in [2.45, 2.75) is 51.2 Å². The molecule has 2 saturated heterocycles. The van der Waals surface area contributed by atoms with Crippen LogP contribution in [0.2, 0.25) is 0 Å². The topological polar surface area (TPSA) is 111 Å². The monoisotopic (exact) mass is 626 g/mol. The number of rotatable bonds is 8. The highest BCUT2D eigenvalue weighted by molar-refractivity contribution is 7.80. The number of thiazole rings is 1. The third-order valence-electron chi connectivity index (χ3n) is 8.90. The van der Waals surface area contributed by atoms with E-state index in [0.717, 1.165) is 37.7 Å². The Hall–Kier alpha value is -3.42. The summed E-state index contributed by atoms with van der Waals surface area (Å²) in [5, 5.41) is 16.2. The van der Waals surface area contributed by atoms with Gasteiger partial charge in [0.25, 0.3) is 0 Å². The van der Waals surface area contributed by atoms with Gasteiger partial charge in [0.15, 0.2) is 16.0 Å². The number of nitrogens with zero attached hydrogens (tertiary/aromatic N) is 5. The van der Waals surface area contributed by atoms with Crippen LogP contribution in [0, 0.1) is 18.7 Å². The maximum Gasteiger partial charge on any atom is 0.338 e. The second-order valence-electron chi connectivity index (χ2n) is 11.4. The fraction of sp³-hybridized carbons (Fsp3) is 0.500. The van der Waals surface area contributed by atoms with Crippen molar-refractivity contribution in [3.05, 3.63) is 63.0 Å². The number of ether oxygens (including phenoxy) is 1. The first kappa shape index (κ1) is 29.6. The van der Waals surface area contributed by atoms with Crippen LogP contribution in [0.3, 0.4) is 0 Å². The average molecular weight is 627 g/mol. The zero-order valence-electron chi connectivity index (χ0n) is 24.2. The summed E-state index contributed by atoms with van der Waals surface area (Å²) in [6.07, 6.45) is 3.84. The number of carbonyl (C=O) groups is 2. The minimum absolute atomic E-state index is 0.151. The van der Waals surface area contributed by atoms with E-state index in [9.17, 15) is 19.1 Å². The van der Waals surface area contributed by atoms with Gasteiger partial charge < -0.3 is 25.0 Å². The lowest BCUT2D eigenvalue weighted by molar-refractivity contribution is -0.141. The summed E-state index contributed by atoms with van der Waals surface area (Å²) in [5.41, 5.74) is 2.07. The smallest absolute Gasteiger partial charge is 0.338 e. The van der Waals surface area contributed by atoms with Gasteiger partial charge in [0.1, 0.15) is 11.9 Å². The third-order valence-corrected chi connectivity index (χ3v) is 10.2. The van der Waals surface area contributed by atoms with Crippen LogP contribution >= 0.6 is 23.6 Å². The Bertz CT molecular complexity index is 1480. The molecule has 0 amide bonds. The molecule has 0 bridgehead atoms. The van der Waals surface area contributed by atoms with Crippen LogP contribution in [-0.2, 0) is 14.3 Å². The summed E-state index contributed by atoms with van der Waals surface area (Å²) in [6.45, 7) is 7.03. The van der Waals surface area contributed by atoms with E-state index in [1.54, 1.807) is 32.2 Å². The number of carbonyl (C=O) groups excluding carboxylic acids is 1. The molecular formula is C30H35FN6O4S2. The van der Waals surface area contributed by atoms with Gasteiger partial charge in [0.05, 0.1) is 24.1 Å². The number of aliphatic carboxylic acids is 1. The Balaban J connectivity index is 1.28. The molecule has 43 heavy (non-hydrogen) atoms. The number of thiocarbonyl (C=S) groups is 1. The minimum Gasteiger partial charge on any atom is -0.481 e. The van der Waals surface area contributed by atoms with Gasteiger partial charge in [0, 0.05) is 56.0 Å². The largest absolute Gasteiger partial charge is 0.481 e. The summed E-state index contributed by atoms with van der Waals surface area (Å²) in [5.74, 6) is -1.35. The van der Waals surface area contributed by atoms with Crippen LogP contribution in [-0.4, -0.2) is 99.1 Å². The van der Waals surface area contributed by atoms with Crippen molar-refractivity contribution in [2.75, 3.05) is 39.3 Å². The van der Waals surface area contributed by atoms with Crippen molar-refractivity contribution < 1.29 is 23.8 Å². The van der Waals surface area contributed by atoms with Gasteiger partial charge in [0.2, 0.25) is 0 Å². The summed E-state index contributed by atoms with van der Waals surface area (Å²) < 4.78 is 20.3. The SMILES string of the molecule is CCOC(=O)C1=C(CN2CCN3C(=S)N([C@@H]4CC[C@H](C(=O)O)C4)CC3C2)NC(c2nccs2)=NC1c1cccc(F)c1C. The lowest BCUT2D eigenvalue weighted by Crippen LogP contribution is -2.53. The maximum atomic E-state index is 14.7. The number of nitrogens with one attached hydrogen (secondary N) is 1. The number of piperazine rings is 1. The van der Waals surface area contributed by atoms with Crippen LogP contribution in [0.1, 0.15) is 48.4 Å². The summed E-state index contributed by atoms with van der Waals surface area (Å²) in [6, 6.07) is 4.40. The Labute approximate surface area is 259 Å². The molecular weight excluding hydrogens is 592 g/mol. The highest BCUT2D eigenvalue weighted by atomic mass is 32.1. The van der Waals surface area contributed by atoms with Gasteiger partial charge in [-0.05, 0) is 62.5 Å². The normalized spacial score (nSPS) is 25.9. The molecule has 1 saturated carbocycles. The first-order valence-electron chi connectivity index (χ1n) is 14.7. The molecule has 3 aliphatic heterocycles. The Morgan fingerprint density at radius 1 is 1.21 bits per heavy atom. The molecule has 6 rings (SSSR count). The van der Waals surface area contributed by atoms with E-state index in [0.29, 0.717) is 52.6 Å². The molecule has 4 heterocycles. The number of carboxylic acid groups (broad SMARTS) is 1. The number of esters is 1. The van der Waals surface area contributed by atoms with E-state index < -0.39 is 18.0 Å². The summed E-state index contributed by atoms with van der Waals surface area (Å²) in [4.78, 5) is 41.2. The van der Waals surface area contributed by atoms with Crippen molar-refractivity contribution in [1.29, 1.82) is 0 Å². The second-order valence-corrected chi connectivity index (χ2v) is 12.7. The molecule has 1 aromatic carbocycles. The zero-order chi connectivity index (χ0) is 30.2. The predicted octanol–water partition coefficient (Wildman–Crippen LogP) is 3.34. The van der Waals surface area contributed by atoms with Gasteiger partial charge in [-0.25, -0.2) is 14.2 Å². The van der Waals surface area contributed by atoms with Gasteiger partial charge in [-0.1, -0.05) is 12.1 Å². The number of aromatic nitrogens is 1. The zero-order valence-corrected chi connectivity index (χ0v) is 25.8. The van der Waals surface area contributed by atoms with E-state index in [-0.39, 0.29) is 30.4 Å². The number of aliphatic imine (C=N–C) groups is 1. The lowest BCUT2D eigenvalue weighted by Gasteiger charge is -2.39. The van der Waals surface area contributed by atoms with Gasteiger partial charge in [-0.3, -0.25) is 14.7 Å². The molecule has 0 radical (unpaired) electrons. The molecule has 1 aromatic heterocycles. The summed E-state index contributed by atoms with van der Waals surface area (Å²) >= 11 is 7.30. The van der Waals surface area contributed by atoms with E-state index in [1.165, 1.54) is 17.4 Å².